The van der Waals surface area contributed by atoms with Crippen molar-refractivity contribution in [2.45, 2.75) is 32.4 Å². The van der Waals surface area contributed by atoms with Crippen LogP contribution in [0.3, 0.4) is 0 Å². The molecule has 18 heavy (non-hydrogen) atoms. The molecule has 0 aliphatic heterocycles. The molecule has 0 aromatic carbocycles. The molecular formula is C11H18N4O3. The van der Waals surface area contributed by atoms with Crippen LogP contribution in [0, 0.1) is 5.92 Å². The number of hydrogen-bond acceptors (Lipinski definition) is 4. The molecule has 100 valence electrons. The third-order valence-corrected chi connectivity index (χ3v) is 2.61. The number of carboxylic acids is 1. The van der Waals surface area contributed by atoms with Crippen LogP contribution in [0.25, 0.3) is 0 Å². The van der Waals surface area contributed by atoms with Gasteiger partial charge in [0.2, 0.25) is 5.91 Å². The SMILES string of the molecule is CC(C)[C@H](N)C(=O)NC(Cc1cnc[nH]1)C(=O)O. The number of carbonyl (C=O) groups excluding carboxylic acids is 1. The van der Waals surface area contributed by atoms with Gasteiger partial charge in [0, 0.05) is 18.3 Å². The summed E-state index contributed by atoms with van der Waals surface area (Å²) in [7, 11) is 0. The van der Waals surface area contributed by atoms with Crippen LogP contribution in [0.15, 0.2) is 12.5 Å². The van der Waals surface area contributed by atoms with Crippen molar-refractivity contribution in [1.29, 1.82) is 0 Å². The molecule has 0 spiro atoms. The standard InChI is InChI=1S/C11H18N4O3/c1-6(2)9(12)10(16)15-8(11(17)18)3-7-4-13-5-14-7/h4-6,8-9H,3,12H2,1-2H3,(H,13,14)(H,15,16)(H,17,18)/t8?,9-/m0/s1. The molecular weight excluding hydrogens is 236 g/mol. The third-order valence-electron chi connectivity index (χ3n) is 2.61. The van der Waals surface area contributed by atoms with E-state index in [0.29, 0.717) is 5.69 Å². The van der Waals surface area contributed by atoms with Gasteiger partial charge in [0.25, 0.3) is 0 Å². The predicted molar refractivity (Wildman–Crippen MR) is 64.7 cm³/mol. The van der Waals surface area contributed by atoms with Gasteiger partial charge in [-0.15, -0.1) is 0 Å². The van der Waals surface area contributed by atoms with E-state index in [1.807, 2.05) is 0 Å². The smallest absolute Gasteiger partial charge is 0.326 e. The van der Waals surface area contributed by atoms with Crippen LogP contribution in [0.4, 0.5) is 0 Å². The summed E-state index contributed by atoms with van der Waals surface area (Å²) in [5.74, 6) is -1.61. The molecule has 0 aliphatic carbocycles. The van der Waals surface area contributed by atoms with E-state index in [4.69, 9.17) is 10.8 Å². The molecule has 7 nitrogen and oxygen atoms in total. The number of nitrogens with one attached hydrogen (secondary N) is 2. The van der Waals surface area contributed by atoms with Crippen molar-refractivity contribution in [2.24, 2.45) is 11.7 Å². The minimum absolute atomic E-state index is 0.0494. The van der Waals surface area contributed by atoms with E-state index in [9.17, 15) is 9.59 Å². The van der Waals surface area contributed by atoms with Gasteiger partial charge in [0.15, 0.2) is 0 Å². The number of carbonyl (C=O) groups is 2. The quantitative estimate of drug-likeness (QED) is 0.545. The Labute approximate surface area is 105 Å². The Bertz CT molecular complexity index is 402. The molecule has 1 aromatic rings. The molecule has 1 unspecified atom stereocenters. The molecule has 0 saturated carbocycles. The van der Waals surface area contributed by atoms with E-state index in [2.05, 4.69) is 15.3 Å². The number of carboxylic acid groups (broad SMARTS) is 1. The molecule has 7 heteroatoms. The van der Waals surface area contributed by atoms with Gasteiger partial charge >= 0.3 is 5.97 Å². The summed E-state index contributed by atoms with van der Waals surface area (Å²) in [5.41, 5.74) is 6.30. The average Bonchev–Trinajstić information content (AvgIpc) is 2.79. The minimum Gasteiger partial charge on any atom is -0.480 e. The Kier molecular flexibility index (Phi) is 4.85. The summed E-state index contributed by atoms with van der Waals surface area (Å²) in [6, 6.07) is -1.73. The lowest BCUT2D eigenvalue weighted by Gasteiger charge is -2.19. The summed E-state index contributed by atoms with van der Waals surface area (Å²) in [5, 5.41) is 11.5. The summed E-state index contributed by atoms with van der Waals surface area (Å²) in [6.07, 6.45) is 3.12. The molecule has 1 heterocycles. The molecule has 0 aliphatic rings. The van der Waals surface area contributed by atoms with Gasteiger partial charge in [0.1, 0.15) is 6.04 Å². The van der Waals surface area contributed by atoms with Gasteiger partial charge in [-0.05, 0) is 5.92 Å². The molecule has 0 saturated heterocycles. The topological polar surface area (TPSA) is 121 Å². The van der Waals surface area contributed by atoms with Gasteiger partial charge in [-0.2, -0.15) is 0 Å². The van der Waals surface area contributed by atoms with Gasteiger partial charge in [-0.25, -0.2) is 9.78 Å². The highest BCUT2D eigenvalue weighted by Crippen LogP contribution is 2.02. The molecule has 0 fully saturated rings. The number of hydrogen-bond donors (Lipinski definition) is 4. The van der Waals surface area contributed by atoms with Gasteiger partial charge in [-0.3, -0.25) is 4.79 Å². The monoisotopic (exact) mass is 254 g/mol. The van der Waals surface area contributed by atoms with Crippen molar-refractivity contribution in [2.75, 3.05) is 0 Å². The fourth-order valence-corrected chi connectivity index (χ4v) is 1.39. The Morgan fingerprint density at radius 2 is 2.22 bits per heavy atom. The van der Waals surface area contributed by atoms with Crippen molar-refractivity contribution in [3.63, 3.8) is 0 Å². The van der Waals surface area contributed by atoms with Crippen LogP contribution in [0.5, 0.6) is 0 Å². The number of imidazole rings is 1. The maximum absolute atomic E-state index is 11.7. The number of aromatic nitrogens is 2. The lowest BCUT2D eigenvalue weighted by atomic mass is 10.0. The van der Waals surface area contributed by atoms with E-state index in [1.54, 1.807) is 13.8 Å². The number of amides is 1. The fourth-order valence-electron chi connectivity index (χ4n) is 1.39. The number of rotatable bonds is 6. The number of nitrogens with two attached hydrogens (primary N) is 1. The molecule has 2 atom stereocenters. The van der Waals surface area contributed by atoms with Crippen molar-refractivity contribution in [3.8, 4) is 0 Å². The van der Waals surface area contributed by atoms with Gasteiger partial charge in [0.05, 0.1) is 12.4 Å². The van der Waals surface area contributed by atoms with Crippen LogP contribution in [-0.2, 0) is 16.0 Å². The average molecular weight is 254 g/mol. The highest BCUT2D eigenvalue weighted by atomic mass is 16.4. The predicted octanol–water partition coefficient (Wildman–Crippen LogP) is -0.495. The number of nitrogens with zero attached hydrogens (tertiary/aromatic N) is 1. The highest BCUT2D eigenvalue weighted by Gasteiger charge is 2.25. The molecule has 0 radical (unpaired) electrons. The zero-order valence-corrected chi connectivity index (χ0v) is 10.4. The van der Waals surface area contributed by atoms with Crippen LogP contribution < -0.4 is 11.1 Å². The van der Waals surface area contributed by atoms with Crippen molar-refractivity contribution in [1.82, 2.24) is 15.3 Å². The zero-order chi connectivity index (χ0) is 13.7. The Hall–Kier alpha value is -1.89. The van der Waals surface area contributed by atoms with Crippen molar-refractivity contribution >= 4 is 11.9 Å². The second-order valence-corrected chi connectivity index (χ2v) is 4.45. The molecule has 1 rings (SSSR count). The van der Waals surface area contributed by atoms with E-state index < -0.39 is 24.0 Å². The number of H-pyrrole nitrogens is 1. The third kappa shape index (κ3) is 3.85. The van der Waals surface area contributed by atoms with Crippen LogP contribution in [-0.4, -0.2) is 39.0 Å². The maximum Gasteiger partial charge on any atom is 0.326 e. The first-order valence-corrected chi connectivity index (χ1v) is 5.67. The summed E-state index contributed by atoms with van der Waals surface area (Å²) < 4.78 is 0. The van der Waals surface area contributed by atoms with Crippen molar-refractivity contribution < 1.29 is 14.7 Å². The Morgan fingerprint density at radius 1 is 1.56 bits per heavy atom. The summed E-state index contributed by atoms with van der Waals surface area (Å²) in [6.45, 7) is 3.60. The number of aliphatic carboxylic acids is 1. The largest absolute Gasteiger partial charge is 0.480 e. The van der Waals surface area contributed by atoms with Crippen LogP contribution in [0.2, 0.25) is 0 Å². The Morgan fingerprint density at radius 3 is 2.67 bits per heavy atom. The molecule has 0 bridgehead atoms. The summed E-state index contributed by atoms with van der Waals surface area (Å²) in [4.78, 5) is 29.3. The second kappa shape index (κ2) is 6.15. The van der Waals surface area contributed by atoms with Crippen LogP contribution in [0.1, 0.15) is 19.5 Å². The normalized spacial score (nSPS) is 14.2. The zero-order valence-electron chi connectivity index (χ0n) is 10.4. The van der Waals surface area contributed by atoms with E-state index in [0.717, 1.165) is 0 Å². The lowest BCUT2D eigenvalue weighted by Crippen LogP contribution is -2.51. The molecule has 5 N–H and O–H groups in total. The van der Waals surface area contributed by atoms with E-state index >= 15 is 0 Å². The first kappa shape index (κ1) is 14.2. The van der Waals surface area contributed by atoms with E-state index in [1.165, 1.54) is 12.5 Å². The first-order valence-electron chi connectivity index (χ1n) is 5.67. The number of aromatic amines is 1. The molecule has 1 amide bonds. The fraction of sp³-hybridized carbons (Fsp3) is 0.545. The van der Waals surface area contributed by atoms with Gasteiger partial charge in [-0.1, -0.05) is 13.8 Å². The highest BCUT2D eigenvalue weighted by molar-refractivity contribution is 5.87. The first-order chi connectivity index (χ1) is 8.41. The summed E-state index contributed by atoms with van der Waals surface area (Å²) >= 11 is 0. The lowest BCUT2D eigenvalue weighted by molar-refractivity contribution is -0.142. The minimum atomic E-state index is -1.10. The second-order valence-electron chi connectivity index (χ2n) is 4.45. The Balaban J connectivity index is 2.64. The molecule has 1 aromatic heterocycles. The van der Waals surface area contributed by atoms with Crippen LogP contribution >= 0.6 is 0 Å². The maximum atomic E-state index is 11.7. The van der Waals surface area contributed by atoms with Crippen molar-refractivity contribution in [3.05, 3.63) is 18.2 Å². The van der Waals surface area contributed by atoms with Gasteiger partial charge < -0.3 is 21.1 Å². The van der Waals surface area contributed by atoms with E-state index in [-0.39, 0.29) is 12.3 Å².